The lowest BCUT2D eigenvalue weighted by molar-refractivity contribution is 0.251. The minimum atomic E-state index is -3.83. The van der Waals surface area contributed by atoms with Gasteiger partial charge in [0, 0.05) is 30.7 Å². The second kappa shape index (κ2) is 8.61. The van der Waals surface area contributed by atoms with Gasteiger partial charge in [-0.2, -0.15) is 0 Å². The number of hydrogen-bond donors (Lipinski definition) is 3. The molecule has 2 amide bonds. The van der Waals surface area contributed by atoms with Crippen molar-refractivity contribution in [1.82, 2.24) is 10.3 Å². The van der Waals surface area contributed by atoms with Crippen LogP contribution in [0.25, 0.3) is 0 Å². The number of phenolic OH excluding ortho intramolecular Hbond substituents is 1. The third-order valence-corrected chi connectivity index (χ3v) is 5.83. The number of ether oxygens (including phenoxy) is 1. The Morgan fingerprint density at radius 2 is 1.83 bits per heavy atom. The van der Waals surface area contributed by atoms with E-state index in [1.54, 1.807) is 18.5 Å². The molecule has 1 heterocycles. The second-order valence-corrected chi connectivity index (χ2v) is 7.98. The zero-order valence-corrected chi connectivity index (χ0v) is 16.3. The van der Waals surface area contributed by atoms with Gasteiger partial charge in [0.2, 0.25) is 9.84 Å². The van der Waals surface area contributed by atoms with Gasteiger partial charge in [-0.25, -0.2) is 13.2 Å². The predicted octanol–water partition coefficient (Wildman–Crippen LogP) is 2.95. The number of aromatic hydroxyl groups is 1. The first kappa shape index (κ1) is 20.2. The van der Waals surface area contributed by atoms with Gasteiger partial charge in [0.05, 0.1) is 16.9 Å². The highest BCUT2D eigenvalue weighted by Gasteiger charge is 2.19. The first-order valence-corrected chi connectivity index (χ1v) is 10.0. The molecule has 0 fully saturated rings. The number of hydrogen-bond acceptors (Lipinski definition) is 6. The van der Waals surface area contributed by atoms with Gasteiger partial charge in [-0.1, -0.05) is 6.07 Å². The quantitative estimate of drug-likeness (QED) is 0.572. The molecule has 9 heteroatoms. The zero-order valence-electron chi connectivity index (χ0n) is 15.5. The molecule has 0 saturated heterocycles. The van der Waals surface area contributed by atoms with E-state index in [1.807, 2.05) is 6.07 Å². The van der Waals surface area contributed by atoms with Crippen molar-refractivity contribution in [3.05, 3.63) is 72.6 Å². The van der Waals surface area contributed by atoms with Crippen molar-refractivity contribution >= 4 is 21.6 Å². The number of carbonyl (C=O) groups is 1. The van der Waals surface area contributed by atoms with Crippen LogP contribution >= 0.6 is 0 Å². The standard InChI is InChI=1S/C20H19N3O5S/c1-28-19-9-8-17(11-18(19)24)29(26,27)16-6-4-15(5-7-16)23-20(25)22-13-14-3-2-10-21-12-14/h2-12,24H,13H2,1H3,(H2,22,23,25). The van der Waals surface area contributed by atoms with E-state index in [2.05, 4.69) is 15.6 Å². The number of benzene rings is 2. The maximum Gasteiger partial charge on any atom is 0.319 e. The number of urea groups is 1. The van der Waals surface area contributed by atoms with Gasteiger partial charge in [-0.15, -0.1) is 0 Å². The molecular weight excluding hydrogens is 394 g/mol. The van der Waals surface area contributed by atoms with Crippen LogP contribution in [-0.4, -0.2) is 31.6 Å². The largest absolute Gasteiger partial charge is 0.504 e. The van der Waals surface area contributed by atoms with Gasteiger partial charge >= 0.3 is 6.03 Å². The SMILES string of the molecule is COc1ccc(S(=O)(=O)c2ccc(NC(=O)NCc3cccnc3)cc2)cc1O. The Bertz CT molecular complexity index is 1100. The van der Waals surface area contributed by atoms with Gasteiger partial charge < -0.3 is 20.5 Å². The number of methoxy groups -OCH3 is 1. The highest BCUT2D eigenvalue weighted by Crippen LogP contribution is 2.31. The van der Waals surface area contributed by atoms with E-state index in [0.29, 0.717) is 12.2 Å². The molecule has 0 saturated carbocycles. The zero-order chi connectivity index (χ0) is 20.9. The summed E-state index contributed by atoms with van der Waals surface area (Å²) in [5.74, 6) is -0.0852. The minimum Gasteiger partial charge on any atom is -0.504 e. The highest BCUT2D eigenvalue weighted by atomic mass is 32.2. The average Bonchev–Trinajstić information content (AvgIpc) is 2.73. The fourth-order valence-corrected chi connectivity index (χ4v) is 3.83. The number of pyridine rings is 1. The van der Waals surface area contributed by atoms with E-state index in [-0.39, 0.29) is 21.3 Å². The molecule has 3 N–H and O–H groups in total. The van der Waals surface area contributed by atoms with Gasteiger partial charge in [-0.05, 0) is 48.0 Å². The van der Waals surface area contributed by atoms with E-state index >= 15 is 0 Å². The Hall–Kier alpha value is -3.59. The molecule has 8 nitrogen and oxygen atoms in total. The Labute approximate surface area is 168 Å². The summed E-state index contributed by atoms with van der Waals surface area (Å²) in [6, 6.07) is 12.8. The first-order valence-electron chi connectivity index (χ1n) is 8.56. The molecule has 0 bridgehead atoms. The first-order chi connectivity index (χ1) is 13.9. The Morgan fingerprint density at radius 3 is 2.45 bits per heavy atom. The Balaban J connectivity index is 1.67. The number of nitrogens with one attached hydrogen (secondary N) is 2. The highest BCUT2D eigenvalue weighted by molar-refractivity contribution is 7.91. The fourth-order valence-electron chi connectivity index (χ4n) is 2.55. The smallest absolute Gasteiger partial charge is 0.319 e. The fraction of sp³-hybridized carbons (Fsp3) is 0.100. The van der Waals surface area contributed by atoms with Crippen molar-refractivity contribution in [2.24, 2.45) is 0 Å². The molecule has 0 aliphatic carbocycles. The summed E-state index contributed by atoms with van der Waals surface area (Å²) in [7, 11) is -2.45. The van der Waals surface area contributed by atoms with Crippen LogP contribution in [0.2, 0.25) is 0 Å². The molecule has 0 atom stereocenters. The molecule has 0 aliphatic heterocycles. The van der Waals surface area contributed by atoms with Crippen LogP contribution in [0.1, 0.15) is 5.56 Å². The molecule has 0 unspecified atom stereocenters. The summed E-state index contributed by atoms with van der Waals surface area (Å²) in [4.78, 5) is 15.9. The van der Waals surface area contributed by atoms with Crippen LogP contribution in [0.5, 0.6) is 11.5 Å². The van der Waals surface area contributed by atoms with Crippen LogP contribution in [0.4, 0.5) is 10.5 Å². The number of carbonyl (C=O) groups excluding carboxylic acids is 1. The van der Waals surface area contributed by atoms with Gasteiger partial charge in [0.25, 0.3) is 0 Å². The number of rotatable bonds is 6. The predicted molar refractivity (Wildman–Crippen MR) is 107 cm³/mol. The van der Waals surface area contributed by atoms with Crippen molar-refractivity contribution in [3.8, 4) is 11.5 Å². The molecule has 2 aromatic carbocycles. The lowest BCUT2D eigenvalue weighted by Crippen LogP contribution is -2.28. The second-order valence-electron chi connectivity index (χ2n) is 6.03. The van der Waals surface area contributed by atoms with E-state index in [4.69, 9.17) is 4.74 Å². The number of nitrogens with zero attached hydrogens (tertiary/aromatic N) is 1. The number of anilines is 1. The number of sulfone groups is 1. The summed E-state index contributed by atoms with van der Waals surface area (Å²) in [6.07, 6.45) is 3.30. The molecule has 0 spiro atoms. The molecule has 3 rings (SSSR count). The molecule has 1 aromatic heterocycles. The molecular formula is C20H19N3O5S. The van der Waals surface area contributed by atoms with E-state index in [9.17, 15) is 18.3 Å². The number of aromatic nitrogens is 1. The van der Waals surface area contributed by atoms with Gasteiger partial charge in [0.15, 0.2) is 11.5 Å². The Kier molecular flexibility index (Phi) is 5.99. The summed E-state index contributed by atoms with van der Waals surface area (Å²) >= 11 is 0. The minimum absolute atomic E-state index is 0.0309. The number of phenols is 1. The van der Waals surface area contributed by atoms with Crippen molar-refractivity contribution < 1.29 is 23.1 Å². The third kappa shape index (κ3) is 4.82. The van der Waals surface area contributed by atoms with Crippen LogP contribution in [0.3, 0.4) is 0 Å². The van der Waals surface area contributed by atoms with Crippen LogP contribution in [0.15, 0.2) is 76.8 Å². The maximum absolute atomic E-state index is 12.7. The lowest BCUT2D eigenvalue weighted by Gasteiger charge is -2.10. The van der Waals surface area contributed by atoms with Crippen LogP contribution in [0, 0.1) is 0 Å². The van der Waals surface area contributed by atoms with Gasteiger partial charge in [0.1, 0.15) is 0 Å². The maximum atomic E-state index is 12.7. The third-order valence-electron chi connectivity index (χ3n) is 4.06. The van der Waals surface area contributed by atoms with Crippen molar-refractivity contribution in [3.63, 3.8) is 0 Å². The summed E-state index contributed by atoms with van der Waals surface area (Å²) in [5, 5.41) is 15.2. The van der Waals surface area contributed by atoms with Crippen LogP contribution in [-0.2, 0) is 16.4 Å². The Morgan fingerprint density at radius 1 is 1.10 bits per heavy atom. The number of amides is 2. The lowest BCUT2D eigenvalue weighted by atomic mass is 10.3. The molecule has 3 aromatic rings. The summed E-state index contributed by atoms with van der Waals surface area (Å²) < 4.78 is 30.4. The summed E-state index contributed by atoms with van der Waals surface area (Å²) in [6.45, 7) is 0.313. The molecule has 150 valence electrons. The van der Waals surface area contributed by atoms with E-state index in [1.165, 1.54) is 43.5 Å². The average molecular weight is 413 g/mol. The van der Waals surface area contributed by atoms with Crippen molar-refractivity contribution in [1.29, 1.82) is 0 Å². The summed E-state index contributed by atoms with van der Waals surface area (Å²) in [5.41, 5.74) is 1.29. The van der Waals surface area contributed by atoms with Crippen molar-refractivity contribution in [2.45, 2.75) is 16.3 Å². The normalized spacial score (nSPS) is 10.9. The topological polar surface area (TPSA) is 118 Å². The van der Waals surface area contributed by atoms with Crippen molar-refractivity contribution in [2.75, 3.05) is 12.4 Å². The molecule has 29 heavy (non-hydrogen) atoms. The van der Waals surface area contributed by atoms with Gasteiger partial charge in [-0.3, -0.25) is 4.98 Å². The van der Waals surface area contributed by atoms with E-state index in [0.717, 1.165) is 11.6 Å². The van der Waals surface area contributed by atoms with E-state index < -0.39 is 15.9 Å². The molecule has 0 radical (unpaired) electrons. The monoisotopic (exact) mass is 413 g/mol. The molecule has 0 aliphatic rings. The van der Waals surface area contributed by atoms with Crippen LogP contribution < -0.4 is 15.4 Å².